The zero-order valence-electron chi connectivity index (χ0n) is 9.54. The fourth-order valence-corrected chi connectivity index (χ4v) is 4.18. The van der Waals surface area contributed by atoms with E-state index in [9.17, 15) is 0 Å². The lowest BCUT2D eigenvalue weighted by molar-refractivity contribution is 0.247. The first kappa shape index (κ1) is 10.5. The predicted molar refractivity (Wildman–Crippen MR) is 61.0 cm³/mol. The average molecular weight is 195 g/mol. The van der Waals surface area contributed by atoms with Crippen LogP contribution in [0.3, 0.4) is 0 Å². The highest BCUT2D eigenvalue weighted by molar-refractivity contribution is 4.93. The smallest absolute Gasteiger partial charge is 0.00745 e. The van der Waals surface area contributed by atoms with Crippen LogP contribution in [-0.2, 0) is 0 Å². The third kappa shape index (κ3) is 1.84. The SMILES string of the molecule is CCCC1CCC2CCC(CCN)C12. The van der Waals surface area contributed by atoms with Crippen LogP contribution in [0.5, 0.6) is 0 Å². The first-order valence-corrected chi connectivity index (χ1v) is 6.56. The van der Waals surface area contributed by atoms with E-state index < -0.39 is 0 Å². The number of rotatable bonds is 4. The lowest BCUT2D eigenvalue weighted by Crippen LogP contribution is -2.20. The minimum absolute atomic E-state index is 0.909. The molecule has 4 atom stereocenters. The molecule has 0 bridgehead atoms. The fourth-order valence-electron chi connectivity index (χ4n) is 4.18. The monoisotopic (exact) mass is 195 g/mol. The van der Waals surface area contributed by atoms with Crippen LogP contribution < -0.4 is 5.73 Å². The van der Waals surface area contributed by atoms with Crippen LogP contribution in [0.1, 0.15) is 51.9 Å². The van der Waals surface area contributed by atoms with Crippen LogP contribution in [0.25, 0.3) is 0 Å². The maximum absolute atomic E-state index is 5.71. The number of nitrogens with two attached hydrogens (primary N) is 1. The number of hydrogen-bond acceptors (Lipinski definition) is 1. The van der Waals surface area contributed by atoms with E-state index in [0.29, 0.717) is 0 Å². The first-order chi connectivity index (χ1) is 6.86. The summed E-state index contributed by atoms with van der Waals surface area (Å²) < 4.78 is 0. The molecular weight excluding hydrogens is 170 g/mol. The van der Waals surface area contributed by atoms with Crippen LogP contribution in [0.15, 0.2) is 0 Å². The molecule has 0 heterocycles. The van der Waals surface area contributed by atoms with E-state index >= 15 is 0 Å². The van der Waals surface area contributed by atoms with Crippen molar-refractivity contribution in [1.29, 1.82) is 0 Å². The summed E-state index contributed by atoms with van der Waals surface area (Å²) in [5, 5.41) is 0. The lowest BCUT2D eigenvalue weighted by Gasteiger charge is -2.25. The second kappa shape index (κ2) is 4.65. The molecule has 0 aromatic rings. The molecule has 2 aliphatic carbocycles. The highest BCUT2D eigenvalue weighted by Crippen LogP contribution is 2.52. The van der Waals surface area contributed by atoms with E-state index in [4.69, 9.17) is 5.73 Å². The standard InChI is InChI=1S/C13H25N/c1-2-3-10-4-5-11-6-7-12(8-9-14)13(10)11/h10-13H,2-9,14H2,1H3. The van der Waals surface area contributed by atoms with Crippen LogP contribution in [0, 0.1) is 23.7 Å². The molecule has 0 radical (unpaired) electrons. The van der Waals surface area contributed by atoms with Crippen LogP contribution in [0.4, 0.5) is 0 Å². The van der Waals surface area contributed by atoms with Crippen molar-refractivity contribution < 1.29 is 0 Å². The Hall–Kier alpha value is -0.0400. The van der Waals surface area contributed by atoms with Gasteiger partial charge in [0.15, 0.2) is 0 Å². The Balaban J connectivity index is 1.96. The molecule has 2 N–H and O–H groups in total. The van der Waals surface area contributed by atoms with Gasteiger partial charge >= 0.3 is 0 Å². The summed E-state index contributed by atoms with van der Waals surface area (Å²) in [5.41, 5.74) is 5.71. The van der Waals surface area contributed by atoms with Crippen molar-refractivity contribution in [2.75, 3.05) is 6.54 Å². The minimum atomic E-state index is 0.909. The van der Waals surface area contributed by atoms with Gasteiger partial charge in [-0.15, -0.1) is 0 Å². The molecule has 1 heteroatoms. The average Bonchev–Trinajstić information content (AvgIpc) is 2.72. The fraction of sp³-hybridized carbons (Fsp3) is 1.00. The number of hydrogen-bond donors (Lipinski definition) is 1. The quantitative estimate of drug-likeness (QED) is 0.732. The molecule has 0 aliphatic heterocycles. The molecule has 2 rings (SSSR count). The van der Waals surface area contributed by atoms with Gasteiger partial charge < -0.3 is 5.73 Å². The molecule has 0 saturated heterocycles. The summed E-state index contributed by atoms with van der Waals surface area (Å²) in [5.74, 6) is 4.20. The summed E-state index contributed by atoms with van der Waals surface area (Å²) in [6.07, 6.45) is 10.2. The topological polar surface area (TPSA) is 26.0 Å². The second-order valence-corrected chi connectivity index (χ2v) is 5.38. The summed E-state index contributed by atoms with van der Waals surface area (Å²) in [7, 11) is 0. The molecular formula is C13H25N. The van der Waals surface area contributed by atoms with Crippen molar-refractivity contribution in [2.24, 2.45) is 29.4 Å². The van der Waals surface area contributed by atoms with E-state index in [1.54, 1.807) is 0 Å². The van der Waals surface area contributed by atoms with Crippen molar-refractivity contribution in [3.8, 4) is 0 Å². The molecule has 2 aliphatic rings. The van der Waals surface area contributed by atoms with E-state index in [2.05, 4.69) is 6.92 Å². The Kier molecular flexibility index (Phi) is 3.48. The molecule has 14 heavy (non-hydrogen) atoms. The van der Waals surface area contributed by atoms with Crippen molar-refractivity contribution in [2.45, 2.75) is 51.9 Å². The lowest BCUT2D eigenvalue weighted by atomic mass is 9.81. The molecule has 2 saturated carbocycles. The Bertz CT molecular complexity index is 156. The summed E-state index contributed by atoms with van der Waals surface area (Å²) >= 11 is 0. The predicted octanol–water partition coefficient (Wildman–Crippen LogP) is 3.19. The van der Waals surface area contributed by atoms with Gasteiger partial charge in [0.2, 0.25) is 0 Å². The van der Waals surface area contributed by atoms with Gasteiger partial charge in [-0.1, -0.05) is 19.8 Å². The third-order valence-electron chi connectivity index (χ3n) is 4.65. The highest BCUT2D eigenvalue weighted by atomic mass is 14.6. The molecule has 82 valence electrons. The zero-order chi connectivity index (χ0) is 9.97. The second-order valence-electron chi connectivity index (χ2n) is 5.38. The summed E-state index contributed by atoms with van der Waals surface area (Å²) in [6, 6.07) is 0. The van der Waals surface area contributed by atoms with Gasteiger partial charge in [0.25, 0.3) is 0 Å². The Morgan fingerprint density at radius 1 is 1.00 bits per heavy atom. The van der Waals surface area contributed by atoms with Crippen LogP contribution in [0.2, 0.25) is 0 Å². The van der Waals surface area contributed by atoms with E-state index in [1.807, 2.05) is 0 Å². The Morgan fingerprint density at radius 3 is 2.21 bits per heavy atom. The van der Waals surface area contributed by atoms with Crippen LogP contribution >= 0.6 is 0 Å². The summed E-state index contributed by atoms with van der Waals surface area (Å²) in [4.78, 5) is 0. The third-order valence-corrected chi connectivity index (χ3v) is 4.65. The van der Waals surface area contributed by atoms with Gasteiger partial charge in [-0.2, -0.15) is 0 Å². The van der Waals surface area contributed by atoms with Crippen molar-refractivity contribution >= 4 is 0 Å². The molecule has 0 spiro atoms. The van der Waals surface area contributed by atoms with Crippen LogP contribution in [-0.4, -0.2) is 6.54 Å². The maximum Gasteiger partial charge on any atom is -0.00745 e. The number of fused-ring (bicyclic) bond motifs is 1. The Labute approximate surface area is 88.4 Å². The summed E-state index contributed by atoms with van der Waals surface area (Å²) in [6.45, 7) is 3.24. The molecule has 0 amide bonds. The zero-order valence-corrected chi connectivity index (χ0v) is 9.54. The normalized spacial score (nSPS) is 41.6. The minimum Gasteiger partial charge on any atom is -0.330 e. The van der Waals surface area contributed by atoms with Gasteiger partial charge in [0, 0.05) is 0 Å². The van der Waals surface area contributed by atoms with Crippen molar-refractivity contribution in [3.05, 3.63) is 0 Å². The molecule has 0 aromatic carbocycles. The van der Waals surface area contributed by atoms with Gasteiger partial charge in [0.1, 0.15) is 0 Å². The molecule has 0 aromatic heterocycles. The van der Waals surface area contributed by atoms with Crippen molar-refractivity contribution in [1.82, 2.24) is 0 Å². The molecule has 1 nitrogen and oxygen atoms in total. The highest BCUT2D eigenvalue weighted by Gasteiger charge is 2.43. The van der Waals surface area contributed by atoms with Gasteiger partial charge in [-0.25, -0.2) is 0 Å². The molecule has 2 fully saturated rings. The first-order valence-electron chi connectivity index (χ1n) is 6.56. The van der Waals surface area contributed by atoms with E-state index in [-0.39, 0.29) is 0 Å². The van der Waals surface area contributed by atoms with E-state index in [0.717, 1.165) is 30.2 Å². The molecule has 4 unspecified atom stereocenters. The van der Waals surface area contributed by atoms with Crippen molar-refractivity contribution in [3.63, 3.8) is 0 Å². The van der Waals surface area contributed by atoms with Gasteiger partial charge in [-0.05, 0) is 62.3 Å². The van der Waals surface area contributed by atoms with E-state index in [1.165, 1.54) is 44.9 Å². The maximum atomic E-state index is 5.71. The van der Waals surface area contributed by atoms with Gasteiger partial charge in [-0.3, -0.25) is 0 Å². The van der Waals surface area contributed by atoms with Gasteiger partial charge in [0.05, 0.1) is 0 Å². The Morgan fingerprint density at radius 2 is 1.64 bits per heavy atom. The largest absolute Gasteiger partial charge is 0.330 e.